The highest BCUT2D eigenvalue weighted by Gasteiger charge is 2.73. The summed E-state index contributed by atoms with van der Waals surface area (Å²) in [6.45, 7) is 3.17. The highest BCUT2D eigenvalue weighted by Crippen LogP contribution is 2.62. The molecule has 4 atom stereocenters. The van der Waals surface area contributed by atoms with Crippen molar-refractivity contribution >= 4 is 17.5 Å². The molecule has 3 aliphatic heterocycles. The Kier molecular flexibility index (Phi) is 5.73. The van der Waals surface area contributed by atoms with Crippen molar-refractivity contribution in [3.8, 4) is 6.07 Å². The van der Waals surface area contributed by atoms with E-state index in [1.54, 1.807) is 0 Å². The van der Waals surface area contributed by atoms with Crippen LogP contribution in [-0.2, 0) is 27.0 Å². The van der Waals surface area contributed by atoms with Gasteiger partial charge in [0.15, 0.2) is 0 Å². The summed E-state index contributed by atoms with van der Waals surface area (Å²) >= 11 is 0. The maximum Gasteiger partial charge on any atom is 0.417 e. The molecule has 0 saturated carbocycles. The molecule has 3 heterocycles. The van der Waals surface area contributed by atoms with Crippen molar-refractivity contribution in [2.45, 2.75) is 50.1 Å². The Morgan fingerprint density at radius 1 is 1.11 bits per heavy atom. The third-order valence-corrected chi connectivity index (χ3v) is 7.91. The first kappa shape index (κ1) is 24.5. The molecule has 0 aromatic heterocycles. The molecule has 3 aliphatic rings. The fraction of sp³-hybridized carbons (Fsp3) is 0.444. The number of carbonyl (C=O) groups excluding carboxylic acids is 2. The second-order valence-electron chi connectivity index (χ2n) is 10.3. The molecule has 0 radical (unpaired) electrons. The first-order valence-corrected chi connectivity index (χ1v) is 11.9. The number of rotatable bonds is 6. The number of halogens is 3. The SMILES string of the molecule is CN(CC[C@]12CC[C@](C)(O1)[C@@H]1C(=O)N(c3ccc(C#N)c(C(F)(F)F)c3)C(=O)[C@@H]12)Cc1ccccc1. The molecule has 0 aliphatic carbocycles. The van der Waals surface area contributed by atoms with E-state index < -0.39 is 52.2 Å². The zero-order valence-corrected chi connectivity index (χ0v) is 20.0. The highest BCUT2D eigenvalue weighted by atomic mass is 19.4. The van der Waals surface area contributed by atoms with Gasteiger partial charge in [-0.3, -0.25) is 9.59 Å². The average Bonchev–Trinajstić information content (AvgIpc) is 3.42. The fourth-order valence-electron chi connectivity index (χ4n) is 6.22. The van der Waals surface area contributed by atoms with Gasteiger partial charge in [0.25, 0.3) is 0 Å². The Bertz CT molecular complexity index is 1260. The van der Waals surface area contributed by atoms with E-state index in [0.29, 0.717) is 32.4 Å². The monoisotopic (exact) mass is 497 g/mol. The van der Waals surface area contributed by atoms with Crippen LogP contribution >= 0.6 is 0 Å². The van der Waals surface area contributed by atoms with Crippen LogP contribution in [0.5, 0.6) is 0 Å². The van der Waals surface area contributed by atoms with Crippen molar-refractivity contribution in [2.75, 3.05) is 18.5 Å². The number of nitriles is 1. The molecule has 0 spiro atoms. The van der Waals surface area contributed by atoms with Crippen LogP contribution in [0.4, 0.5) is 18.9 Å². The van der Waals surface area contributed by atoms with Crippen LogP contribution in [0.2, 0.25) is 0 Å². The minimum absolute atomic E-state index is 0.162. The van der Waals surface area contributed by atoms with Gasteiger partial charge in [-0.25, -0.2) is 4.90 Å². The molecule has 5 rings (SSSR count). The van der Waals surface area contributed by atoms with Gasteiger partial charge in [-0.15, -0.1) is 0 Å². The van der Waals surface area contributed by atoms with E-state index >= 15 is 0 Å². The number of benzene rings is 2. The Balaban J connectivity index is 1.42. The first-order chi connectivity index (χ1) is 17.0. The van der Waals surface area contributed by atoms with Crippen LogP contribution in [0.3, 0.4) is 0 Å². The molecule has 9 heteroatoms. The van der Waals surface area contributed by atoms with Crippen LogP contribution in [0.15, 0.2) is 48.5 Å². The van der Waals surface area contributed by atoms with Crippen molar-refractivity contribution in [1.82, 2.24) is 4.90 Å². The molecule has 0 N–H and O–H groups in total. The lowest BCUT2D eigenvalue weighted by atomic mass is 9.67. The number of nitrogens with zero attached hydrogens (tertiary/aromatic N) is 3. The quantitative estimate of drug-likeness (QED) is 0.549. The minimum Gasteiger partial charge on any atom is -0.367 e. The van der Waals surface area contributed by atoms with Gasteiger partial charge in [0.1, 0.15) is 0 Å². The summed E-state index contributed by atoms with van der Waals surface area (Å²) in [5, 5.41) is 9.10. The van der Waals surface area contributed by atoms with E-state index in [4.69, 9.17) is 10.00 Å². The number of hydrogen-bond donors (Lipinski definition) is 0. The summed E-state index contributed by atoms with van der Waals surface area (Å²) in [5.74, 6) is -2.57. The highest BCUT2D eigenvalue weighted by molar-refractivity contribution is 6.23. The van der Waals surface area contributed by atoms with E-state index in [2.05, 4.69) is 4.90 Å². The fourth-order valence-corrected chi connectivity index (χ4v) is 6.22. The van der Waals surface area contributed by atoms with Gasteiger partial charge < -0.3 is 9.64 Å². The van der Waals surface area contributed by atoms with E-state index in [-0.39, 0.29) is 5.69 Å². The number of alkyl halides is 3. The molecule has 188 valence electrons. The summed E-state index contributed by atoms with van der Waals surface area (Å²) in [7, 11) is 1.98. The van der Waals surface area contributed by atoms with Crippen molar-refractivity contribution in [1.29, 1.82) is 5.26 Å². The average molecular weight is 498 g/mol. The molecule has 2 aromatic carbocycles. The molecular formula is C27H26F3N3O3. The number of imide groups is 1. The lowest BCUT2D eigenvalue weighted by Crippen LogP contribution is -2.44. The predicted octanol–water partition coefficient (Wildman–Crippen LogP) is 4.53. The molecule has 2 aromatic rings. The maximum atomic E-state index is 13.7. The van der Waals surface area contributed by atoms with Gasteiger partial charge in [-0.05, 0) is 57.0 Å². The maximum absolute atomic E-state index is 13.7. The Morgan fingerprint density at radius 2 is 1.81 bits per heavy atom. The molecular weight excluding hydrogens is 471 g/mol. The molecule has 0 unspecified atom stereocenters. The zero-order valence-electron chi connectivity index (χ0n) is 20.0. The number of ether oxygens (including phenoxy) is 1. The van der Waals surface area contributed by atoms with Gasteiger partial charge in [0.2, 0.25) is 11.8 Å². The molecule has 36 heavy (non-hydrogen) atoms. The smallest absolute Gasteiger partial charge is 0.367 e. The Labute approximate surface area is 207 Å². The second kappa shape index (κ2) is 8.43. The normalized spacial score (nSPS) is 29.2. The summed E-state index contributed by atoms with van der Waals surface area (Å²) < 4.78 is 47.1. The molecule has 2 amide bonds. The van der Waals surface area contributed by atoms with Crippen molar-refractivity contribution in [2.24, 2.45) is 11.8 Å². The van der Waals surface area contributed by atoms with Gasteiger partial charge in [0.05, 0.1) is 45.9 Å². The van der Waals surface area contributed by atoms with Crippen molar-refractivity contribution in [3.05, 3.63) is 65.2 Å². The lowest BCUT2D eigenvalue weighted by Gasteiger charge is -2.32. The largest absolute Gasteiger partial charge is 0.417 e. The van der Waals surface area contributed by atoms with Crippen LogP contribution in [0.1, 0.15) is 42.9 Å². The first-order valence-electron chi connectivity index (χ1n) is 11.9. The zero-order chi connectivity index (χ0) is 25.9. The topological polar surface area (TPSA) is 73.6 Å². The number of amides is 2. The summed E-state index contributed by atoms with van der Waals surface area (Å²) in [5.41, 5.74) is -2.42. The van der Waals surface area contributed by atoms with Crippen molar-refractivity contribution < 1.29 is 27.5 Å². The molecule has 2 bridgehead atoms. The third-order valence-electron chi connectivity index (χ3n) is 7.91. The van der Waals surface area contributed by atoms with Crippen LogP contribution < -0.4 is 4.90 Å². The molecule has 3 fully saturated rings. The van der Waals surface area contributed by atoms with Gasteiger partial charge in [0, 0.05) is 13.1 Å². The summed E-state index contributed by atoms with van der Waals surface area (Å²) in [4.78, 5) is 30.2. The summed E-state index contributed by atoms with van der Waals surface area (Å²) in [6.07, 6.45) is -3.05. The van der Waals surface area contributed by atoms with E-state index in [1.165, 1.54) is 12.1 Å². The third kappa shape index (κ3) is 3.80. The van der Waals surface area contributed by atoms with Gasteiger partial charge in [-0.1, -0.05) is 30.3 Å². The van der Waals surface area contributed by atoms with E-state index in [1.807, 2.05) is 44.3 Å². The minimum atomic E-state index is -4.79. The predicted molar refractivity (Wildman–Crippen MR) is 124 cm³/mol. The number of carbonyl (C=O) groups is 2. The van der Waals surface area contributed by atoms with Crippen molar-refractivity contribution in [3.63, 3.8) is 0 Å². The number of hydrogen-bond acceptors (Lipinski definition) is 5. The van der Waals surface area contributed by atoms with Gasteiger partial charge in [-0.2, -0.15) is 18.4 Å². The van der Waals surface area contributed by atoms with Gasteiger partial charge >= 0.3 is 6.18 Å². The van der Waals surface area contributed by atoms with E-state index in [9.17, 15) is 22.8 Å². The Morgan fingerprint density at radius 3 is 2.47 bits per heavy atom. The number of anilines is 1. The van der Waals surface area contributed by atoms with Crippen LogP contribution in [0.25, 0.3) is 0 Å². The second-order valence-corrected chi connectivity index (χ2v) is 10.3. The van der Waals surface area contributed by atoms with Crippen LogP contribution in [-0.4, -0.2) is 41.5 Å². The molecule has 3 saturated heterocycles. The number of fused-ring (bicyclic) bond motifs is 5. The standard InChI is InChI=1S/C27H26F3N3O3/c1-25-10-11-26(36-25,12-13-32(2)16-17-6-4-3-5-7-17)22-21(25)23(34)33(24(22)35)19-9-8-18(15-31)20(14-19)27(28,29)30/h3-9,14,21-22H,10-13,16H2,1-2H3/t21-,22+,25-,26-/m0/s1. The van der Waals surface area contributed by atoms with E-state index in [0.717, 1.165) is 22.6 Å². The lowest BCUT2D eigenvalue weighted by molar-refractivity contribution is -0.138. The summed E-state index contributed by atoms with van der Waals surface area (Å²) in [6, 6.07) is 14.5. The Hall–Kier alpha value is -3.22. The van der Waals surface area contributed by atoms with Crippen LogP contribution in [0, 0.1) is 23.2 Å². The molecule has 6 nitrogen and oxygen atoms in total.